The number of amides is 1. The van der Waals surface area contributed by atoms with E-state index >= 15 is 0 Å². The van der Waals surface area contributed by atoms with Crippen LogP contribution in [0, 0.1) is 0 Å². The van der Waals surface area contributed by atoms with Crippen LogP contribution in [0.4, 0.5) is 0 Å². The molecule has 0 atom stereocenters. The molecule has 0 unspecified atom stereocenters. The molecule has 0 bridgehead atoms. The third-order valence-electron chi connectivity index (χ3n) is 2.13. The van der Waals surface area contributed by atoms with E-state index in [9.17, 15) is 4.79 Å². The van der Waals surface area contributed by atoms with Crippen molar-refractivity contribution in [2.45, 2.75) is 4.90 Å². The van der Waals surface area contributed by atoms with Crippen molar-refractivity contribution in [2.75, 3.05) is 5.75 Å². The summed E-state index contributed by atoms with van der Waals surface area (Å²) < 4.78 is 0. The van der Waals surface area contributed by atoms with Gasteiger partial charge in [0.05, 0.1) is 12.0 Å². The Hall–Kier alpha value is -1.30. The number of hydrogen-bond acceptors (Lipinski definition) is 4. The molecule has 0 saturated carbocycles. The molecule has 0 fully saturated rings. The van der Waals surface area contributed by atoms with E-state index in [1.165, 1.54) is 11.8 Å². The largest absolute Gasteiger partial charge is 0.272 e. The summed E-state index contributed by atoms with van der Waals surface area (Å²) in [5, 5.41) is 8.49. The van der Waals surface area contributed by atoms with Crippen molar-refractivity contribution in [3.63, 3.8) is 0 Å². The van der Waals surface area contributed by atoms with Gasteiger partial charge in [-0.2, -0.15) is 16.4 Å². The number of nitrogens with zero attached hydrogens (tertiary/aromatic N) is 1. The van der Waals surface area contributed by atoms with E-state index in [0.29, 0.717) is 10.8 Å². The minimum absolute atomic E-state index is 0.133. The summed E-state index contributed by atoms with van der Waals surface area (Å²) in [7, 11) is 0. The monoisotopic (exact) mass is 310 g/mol. The average molecular weight is 311 g/mol. The zero-order chi connectivity index (χ0) is 13.5. The molecular weight excluding hydrogens is 300 g/mol. The maximum atomic E-state index is 11.5. The molecule has 2 aromatic rings. The third-order valence-corrected chi connectivity index (χ3v) is 4.10. The quantitative estimate of drug-likeness (QED) is 0.520. The molecule has 6 heteroatoms. The van der Waals surface area contributed by atoms with Gasteiger partial charge in [0.1, 0.15) is 0 Å². The van der Waals surface area contributed by atoms with Gasteiger partial charge in [0.15, 0.2) is 0 Å². The van der Waals surface area contributed by atoms with Crippen molar-refractivity contribution in [2.24, 2.45) is 5.10 Å². The second-order valence-electron chi connectivity index (χ2n) is 3.59. The van der Waals surface area contributed by atoms with Crippen molar-refractivity contribution in [1.82, 2.24) is 5.43 Å². The summed E-state index contributed by atoms with van der Waals surface area (Å²) in [6.07, 6.45) is 1.63. The second-order valence-corrected chi connectivity index (χ2v) is 5.86. The normalized spacial score (nSPS) is 10.8. The lowest BCUT2D eigenvalue weighted by molar-refractivity contribution is -0.118. The molecule has 19 heavy (non-hydrogen) atoms. The van der Waals surface area contributed by atoms with E-state index in [0.717, 1.165) is 10.5 Å². The number of thioether (sulfide) groups is 1. The van der Waals surface area contributed by atoms with E-state index in [4.69, 9.17) is 11.6 Å². The van der Waals surface area contributed by atoms with Crippen LogP contribution in [0.2, 0.25) is 5.02 Å². The fourth-order valence-corrected chi connectivity index (χ4v) is 2.67. The Bertz CT molecular complexity index is 553. The number of nitrogens with one attached hydrogen (secondary N) is 1. The average Bonchev–Trinajstić information content (AvgIpc) is 2.91. The Morgan fingerprint density at radius 1 is 1.37 bits per heavy atom. The molecule has 1 aromatic heterocycles. The van der Waals surface area contributed by atoms with Crippen LogP contribution in [-0.2, 0) is 4.79 Å². The summed E-state index contributed by atoms with van der Waals surface area (Å²) >= 11 is 8.82. The smallest absolute Gasteiger partial charge is 0.250 e. The van der Waals surface area contributed by atoms with Crippen molar-refractivity contribution in [1.29, 1.82) is 0 Å². The summed E-state index contributed by atoms with van der Waals surface area (Å²) in [6.45, 7) is 0. The standard InChI is InChI=1S/C13H11ClN2OS2/c14-11-1-3-12(4-2-11)19-9-13(17)16-15-7-10-5-6-18-8-10/h1-8H,9H2,(H,16,17)/b15-7-. The first-order valence-electron chi connectivity index (χ1n) is 5.46. The van der Waals surface area contributed by atoms with Crippen LogP contribution < -0.4 is 5.43 Å². The molecule has 98 valence electrons. The van der Waals surface area contributed by atoms with Crippen LogP contribution in [0.3, 0.4) is 0 Å². The molecule has 1 amide bonds. The maximum Gasteiger partial charge on any atom is 0.250 e. The van der Waals surface area contributed by atoms with Gasteiger partial charge in [-0.05, 0) is 41.1 Å². The van der Waals surface area contributed by atoms with Crippen LogP contribution in [0.1, 0.15) is 5.56 Å². The van der Waals surface area contributed by atoms with Crippen LogP contribution in [0.25, 0.3) is 0 Å². The first-order chi connectivity index (χ1) is 9.24. The molecular formula is C13H11ClN2OS2. The first kappa shape index (κ1) is 14.1. The Morgan fingerprint density at radius 2 is 2.16 bits per heavy atom. The molecule has 0 spiro atoms. The summed E-state index contributed by atoms with van der Waals surface area (Å²) in [5.41, 5.74) is 3.47. The van der Waals surface area contributed by atoms with Crippen molar-refractivity contribution < 1.29 is 4.79 Å². The highest BCUT2D eigenvalue weighted by Gasteiger charge is 2.01. The van der Waals surface area contributed by atoms with Crippen molar-refractivity contribution >= 4 is 46.8 Å². The highest BCUT2D eigenvalue weighted by molar-refractivity contribution is 8.00. The highest BCUT2D eigenvalue weighted by Crippen LogP contribution is 2.19. The number of carbonyl (C=O) groups excluding carboxylic acids is 1. The lowest BCUT2D eigenvalue weighted by Crippen LogP contribution is -2.19. The Morgan fingerprint density at radius 3 is 2.84 bits per heavy atom. The second kappa shape index (κ2) is 7.33. The van der Waals surface area contributed by atoms with E-state index in [-0.39, 0.29) is 5.91 Å². The Labute approximate surface area is 124 Å². The van der Waals surface area contributed by atoms with Crippen molar-refractivity contribution in [3.05, 3.63) is 51.7 Å². The van der Waals surface area contributed by atoms with Gasteiger partial charge in [0.25, 0.3) is 0 Å². The lowest BCUT2D eigenvalue weighted by Gasteiger charge is -2.00. The summed E-state index contributed by atoms with van der Waals surface area (Å²) in [6, 6.07) is 9.31. The number of benzene rings is 1. The van der Waals surface area contributed by atoms with E-state index in [1.807, 2.05) is 29.0 Å². The van der Waals surface area contributed by atoms with Gasteiger partial charge >= 0.3 is 0 Å². The molecule has 1 heterocycles. The van der Waals surface area contributed by atoms with Gasteiger partial charge < -0.3 is 0 Å². The van der Waals surface area contributed by atoms with Gasteiger partial charge in [0.2, 0.25) is 5.91 Å². The predicted molar refractivity (Wildman–Crippen MR) is 82.2 cm³/mol. The van der Waals surface area contributed by atoms with E-state index in [1.54, 1.807) is 29.7 Å². The van der Waals surface area contributed by atoms with Gasteiger partial charge in [0, 0.05) is 15.5 Å². The van der Waals surface area contributed by atoms with Crippen LogP contribution in [0.15, 0.2) is 51.1 Å². The molecule has 0 saturated heterocycles. The van der Waals surface area contributed by atoms with Crippen molar-refractivity contribution in [3.8, 4) is 0 Å². The summed E-state index contributed by atoms with van der Waals surface area (Å²) in [5.74, 6) is 0.189. The number of halogens is 1. The molecule has 1 aromatic carbocycles. The fourth-order valence-electron chi connectivity index (χ4n) is 1.24. The van der Waals surface area contributed by atoms with Gasteiger partial charge in [-0.15, -0.1) is 11.8 Å². The highest BCUT2D eigenvalue weighted by atomic mass is 35.5. The number of carbonyl (C=O) groups is 1. The third kappa shape index (κ3) is 5.06. The molecule has 0 radical (unpaired) electrons. The zero-order valence-corrected chi connectivity index (χ0v) is 12.3. The Balaban J connectivity index is 1.74. The van der Waals surface area contributed by atoms with Crippen LogP contribution in [-0.4, -0.2) is 17.9 Å². The first-order valence-corrected chi connectivity index (χ1v) is 7.77. The lowest BCUT2D eigenvalue weighted by atomic mass is 10.4. The zero-order valence-electron chi connectivity index (χ0n) is 9.88. The van der Waals surface area contributed by atoms with Gasteiger partial charge in [-0.3, -0.25) is 4.79 Å². The topological polar surface area (TPSA) is 41.5 Å². The van der Waals surface area contributed by atoms with Gasteiger partial charge in [-0.25, -0.2) is 5.43 Å². The number of rotatable bonds is 5. The number of hydrogen-bond donors (Lipinski definition) is 1. The molecule has 0 aliphatic carbocycles. The van der Waals surface area contributed by atoms with Crippen LogP contribution in [0.5, 0.6) is 0 Å². The maximum absolute atomic E-state index is 11.5. The Kier molecular flexibility index (Phi) is 5.44. The molecule has 2 rings (SSSR count). The fraction of sp³-hybridized carbons (Fsp3) is 0.0769. The molecule has 1 N–H and O–H groups in total. The van der Waals surface area contributed by atoms with Crippen LogP contribution >= 0.6 is 34.7 Å². The molecule has 0 aliphatic rings. The van der Waals surface area contributed by atoms with E-state index in [2.05, 4.69) is 10.5 Å². The number of hydrazone groups is 1. The van der Waals surface area contributed by atoms with E-state index < -0.39 is 0 Å². The number of thiophene rings is 1. The molecule has 3 nitrogen and oxygen atoms in total. The predicted octanol–water partition coefficient (Wildman–Crippen LogP) is 3.64. The SMILES string of the molecule is O=C(CSc1ccc(Cl)cc1)N/N=C\c1ccsc1. The summed E-state index contributed by atoms with van der Waals surface area (Å²) in [4.78, 5) is 12.5. The molecule has 0 aliphatic heterocycles. The minimum atomic E-state index is -0.133. The van der Waals surface area contributed by atoms with Gasteiger partial charge in [-0.1, -0.05) is 11.6 Å². The minimum Gasteiger partial charge on any atom is -0.272 e.